The highest BCUT2D eigenvalue weighted by Gasteiger charge is 2.56. The highest BCUT2D eigenvalue weighted by molar-refractivity contribution is 5.85. The summed E-state index contributed by atoms with van der Waals surface area (Å²) < 4.78 is 5.14. The second-order valence-corrected chi connectivity index (χ2v) is 6.73. The van der Waals surface area contributed by atoms with Crippen LogP contribution in [-0.2, 0) is 4.74 Å². The van der Waals surface area contributed by atoms with Crippen molar-refractivity contribution in [3.8, 4) is 0 Å². The Balaban J connectivity index is 0.000000882. The van der Waals surface area contributed by atoms with Crippen molar-refractivity contribution in [2.24, 2.45) is 11.8 Å². The monoisotopic (exact) mass is 351 g/mol. The van der Waals surface area contributed by atoms with Gasteiger partial charge in [0.15, 0.2) is 0 Å². The normalized spacial score (nSPS) is 39.3. The summed E-state index contributed by atoms with van der Waals surface area (Å²) in [6.07, 6.45) is 3.73. The van der Waals surface area contributed by atoms with Crippen molar-refractivity contribution in [3.63, 3.8) is 0 Å². The van der Waals surface area contributed by atoms with E-state index in [1.165, 1.54) is 25.9 Å². The summed E-state index contributed by atoms with van der Waals surface area (Å²) in [5.74, 6) is 1.73. The summed E-state index contributed by atoms with van der Waals surface area (Å²) in [6, 6.07) is 2.11. The summed E-state index contributed by atoms with van der Waals surface area (Å²) in [7, 11) is 0. The number of hydrogen-bond donors (Lipinski definition) is 1. The molecule has 5 atom stereocenters. The largest absolute Gasteiger partial charge is 0.450 e. The van der Waals surface area contributed by atoms with Crippen molar-refractivity contribution in [1.82, 2.24) is 15.1 Å². The highest BCUT2D eigenvalue weighted by Crippen LogP contribution is 2.49. The number of fused-ring (bicyclic) bond motifs is 5. The molecular weight excluding hydrogens is 325 g/mol. The van der Waals surface area contributed by atoms with Crippen LogP contribution in [0.4, 0.5) is 4.79 Å². The summed E-state index contributed by atoms with van der Waals surface area (Å²) >= 11 is 0. The molecule has 1 unspecified atom stereocenters. The van der Waals surface area contributed by atoms with E-state index >= 15 is 0 Å². The van der Waals surface area contributed by atoms with Gasteiger partial charge in [-0.25, -0.2) is 4.79 Å². The lowest BCUT2D eigenvalue weighted by molar-refractivity contribution is 0.107. The third-order valence-electron chi connectivity index (χ3n) is 5.93. The second-order valence-electron chi connectivity index (χ2n) is 6.73. The van der Waals surface area contributed by atoms with Gasteiger partial charge < -0.3 is 15.0 Å². The van der Waals surface area contributed by atoms with Gasteiger partial charge in [-0.2, -0.15) is 0 Å². The number of amides is 1. The zero-order valence-corrected chi connectivity index (χ0v) is 14.7. The Bertz CT molecular complexity index is 394. The molecule has 0 aromatic carbocycles. The average Bonchev–Trinajstić information content (AvgIpc) is 3.19. The van der Waals surface area contributed by atoms with Gasteiger partial charge in [0.2, 0.25) is 0 Å². The molecule has 0 saturated carbocycles. The summed E-state index contributed by atoms with van der Waals surface area (Å²) in [4.78, 5) is 16.5. The van der Waals surface area contributed by atoms with Crippen LogP contribution >= 0.6 is 24.8 Å². The van der Waals surface area contributed by atoms with Crippen molar-refractivity contribution in [2.75, 3.05) is 32.8 Å². The number of carbonyl (C=O) groups is 1. The second kappa shape index (κ2) is 7.12. The molecule has 128 valence electrons. The fourth-order valence-electron chi connectivity index (χ4n) is 5.23. The predicted molar refractivity (Wildman–Crippen MR) is 90.0 cm³/mol. The lowest BCUT2D eigenvalue weighted by Crippen LogP contribution is -2.44. The van der Waals surface area contributed by atoms with Crippen molar-refractivity contribution >= 4 is 30.9 Å². The molecule has 2 bridgehead atoms. The first kappa shape index (κ1) is 18.1. The number of ether oxygens (including phenoxy) is 1. The third-order valence-corrected chi connectivity index (χ3v) is 5.93. The van der Waals surface area contributed by atoms with E-state index < -0.39 is 0 Å². The molecule has 1 N–H and O–H groups in total. The standard InChI is InChI=1S/C15H25N3O2.2ClH/c1-2-20-15(19)17-6-5-10(9-17)18-13-3-4-14(18)12-8-16-7-11(12)13;;/h10-14,16H,2-9H2,1H3;2*1H/t10?,11-,12+,13-,14+;;. The fourth-order valence-corrected chi connectivity index (χ4v) is 5.23. The van der Waals surface area contributed by atoms with Crippen molar-refractivity contribution in [2.45, 2.75) is 44.3 Å². The Kier molecular flexibility index (Phi) is 5.86. The maximum Gasteiger partial charge on any atom is 0.409 e. The molecule has 0 aliphatic carbocycles. The zero-order valence-electron chi connectivity index (χ0n) is 13.1. The van der Waals surface area contributed by atoms with Crippen LogP contribution in [0.15, 0.2) is 0 Å². The van der Waals surface area contributed by atoms with Gasteiger partial charge in [0.25, 0.3) is 0 Å². The number of carbonyl (C=O) groups excluding carboxylic acids is 1. The van der Waals surface area contributed by atoms with Crippen molar-refractivity contribution in [1.29, 1.82) is 0 Å². The van der Waals surface area contributed by atoms with Gasteiger partial charge in [-0.1, -0.05) is 0 Å². The van der Waals surface area contributed by atoms with E-state index in [0.29, 0.717) is 12.6 Å². The summed E-state index contributed by atoms with van der Waals surface area (Å²) in [5.41, 5.74) is 0. The highest BCUT2D eigenvalue weighted by atomic mass is 35.5. The van der Waals surface area contributed by atoms with E-state index in [1.54, 1.807) is 0 Å². The number of likely N-dealkylation sites (tertiary alicyclic amines) is 1. The Labute approximate surface area is 144 Å². The van der Waals surface area contributed by atoms with Crippen LogP contribution in [0.5, 0.6) is 0 Å². The lowest BCUT2D eigenvalue weighted by atomic mass is 9.82. The molecule has 4 fully saturated rings. The lowest BCUT2D eigenvalue weighted by Gasteiger charge is -2.30. The van der Waals surface area contributed by atoms with Crippen LogP contribution < -0.4 is 5.32 Å². The number of nitrogens with one attached hydrogen (secondary N) is 1. The number of hydrogen-bond acceptors (Lipinski definition) is 4. The van der Waals surface area contributed by atoms with Crippen LogP contribution in [0.25, 0.3) is 0 Å². The SMILES string of the molecule is CCOC(=O)N1CCC(N2[C@@H]3CC[C@H]2[C@H]2CNC[C@H]23)C1.Cl.Cl. The van der Waals surface area contributed by atoms with E-state index in [9.17, 15) is 4.79 Å². The van der Waals surface area contributed by atoms with Gasteiger partial charge in [0.05, 0.1) is 6.61 Å². The van der Waals surface area contributed by atoms with Crippen LogP contribution in [0.1, 0.15) is 26.2 Å². The van der Waals surface area contributed by atoms with E-state index in [0.717, 1.165) is 43.4 Å². The van der Waals surface area contributed by atoms with Crippen LogP contribution in [-0.4, -0.2) is 66.8 Å². The summed E-state index contributed by atoms with van der Waals surface area (Å²) in [6.45, 7) is 6.50. The molecular formula is C15H27Cl2N3O2. The quantitative estimate of drug-likeness (QED) is 0.822. The number of rotatable bonds is 2. The van der Waals surface area contributed by atoms with E-state index in [4.69, 9.17) is 4.74 Å². The maximum atomic E-state index is 11.9. The zero-order chi connectivity index (χ0) is 13.7. The van der Waals surface area contributed by atoms with Gasteiger partial charge in [-0.05, 0) is 51.1 Å². The van der Waals surface area contributed by atoms with Crippen LogP contribution in [0.2, 0.25) is 0 Å². The molecule has 4 aliphatic heterocycles. The fraction of sp³-hybridized carbons (Fsp3) is 0.933. The summed E-state index contributed by atoms with van der Waals surface area (Å²) in [5, 5.41) is 3.57. The Morgan fingerprint density at radius 2 is 1.77 bits per heavy atom. The minimum atomic E-state index is -0.122. The molecule has 0 aromatic rings. The Hall–Kier alpha value is -0.230. The van der Waals surface area contributed by atoms with Gasteiger partial charge >= 0.3 is 6.09 Å². The minimum Gasteiger partial charge on any atom is -0.450 e. The van der Waals surface area contributed by atoms with E-state index in [-0.39, 0.29) is 30.9 Å². The molecule has 5 nitrogen and oxygen atoms in total. The average molecular weight is 352 g/mol. The molecule has 7 heteroatoms. The topological polar surface area (TPSA) is 44.8 Å². The smallest absolute Gasteiger partial charge is 0.409 e. The first-order chi connectivity index (χ1) is 9.79. The molecule has 0 aromatic heterocycles. The Morgan fingerprint density at radius 1 is 1.14 bits per heavy atom. The molecule has 1 amide bonds. The molecule has 22 heavy (non-hydrogen) atoms. The Morgan fingerprint density at radius 3 is 2.36 bits per heavy atom. The third kappa shape index (κ3) is 2.70. The van der Waals surface area contributed by atoms with Crippen molar-refractivity contribution < 1.29 is 9.53 Å². The van der Waals surface area contributed by atoms with Gasteiger partial charge in [0, 0.05) is 31.2 Å². The predicted octanol–water partition coefficient (Wildman–Crippen LogP) is 1.74. The first-order valence-electron chi connectivity index (χ1n) is 8.19. The molecule has 4 aliphatic rings. The van der Waals surface area contributed by atoms with Crippen molar-refractivity contribution in [3.05, 3.63) is 0 Å². The van der Waals surface area contributed by atoms with Crippen LogP contribution in [0.3, 0.4) is 0 Å². The van der Waals surface area contributed by atoms with Crippen LogP contribution in [0, 0.1) is 11.8 Å². The molecule has 4 saturated heterocycles. The van der Waals surface area contributed by atoms with E-state index in [2.05, 4.69) is 10.2 Å². The molecule has 0 radical (unpaired) electrons. The minimum absolute atomic E-state index is 0. The molecule has 0 spiro atoms. The molecule has 4 heterocycles. The number of nitrogens with zero attached hydrogens (tertiary/aromatic N) is 2. The maximum absolute atomic E-state index is 11.9. The first-order valence-corrected chi connectivity index (χ1v) is 8.19. The number of halogens is 2. The van der Waals surface area contributed by atoms with Gasteiger partial charge in [-0.15, -0.1) is 24.8 Å². The van der Waals surface area contributed by atoms with Gasteiger partial charge in [-0.3, -0.25) is 4.90 Å². The van der Waals surface area contributed by atoms with E-state index in [1.807, 2.05) is 11.8 Å². The molecule has 4 rings (SSSR count). The van der Waals surface area contributed by atoms with Gasteiger partial charge in [0.1, 0.15) is 0 Å².